The lowest BCUT2D eigenvalue weighted by molar-refractivity contribution is 0.0963. The molecule has 3 rings (SSSR count). The van der Waals surface area contributed by atoms with Crippen molar-refractivity contribution in [3.8, 4) is 0 Å². The lowest BCUT2D eigenvalue weighted by Crippen LogP contribution is -2.31. The van der Waals surface area contributed by atoms with Crippen molar-refractivity contribution in [3.05, 3.63) is 68.7 Å². The number of carbonyl (C=O) groups is 1. The van der Waals surface area contributed by atoms with Crippen LogP contribution in [0.1, 0.15) is 33.0 Å². The van der Waals surface area contributed by atoms with Gasteiger partial charge in [-0.05, 0) is 48.0 Å². The van der Waals surface area contributed by atoms with Gasteiger partial charge in [0, 0.05) is 41.7 Å². The SMILES string of the molecule is CNC(=O)c1cccc(C2CN(C)Cc3c(Cl)cc(Cl)cc32)c1. The number of rotatable bonds is 2. The summed E-state index contributed by atoms with van der Waals surface area (Å²) >= 11 is 12.6. The molecule has 23 heavy (non-hydrogen) atoms. The molecular formula is C18H18Cl2N2O. The summed E-state index contributed by atoms with van der Waals surface area (Å²) in [4.78, 5) is 14.1. The minimum Gasteiger partial charge on any atom is -0.355 e. The average molecular weight is 349 g/mol. The summed E-state index contributed by atoms with van der Waals surface area (Å²) in [5.74, 6) is 0.0601. The van der Waals surface area contributed by atoms with Gasteiger partial charge in [0.05, 0.1) is 0 Å². The molecular weight excluding hydrogens is 331 g/mol. The molecule has 1 amide bonds. The maximum absolute atomic E-state index is 11.9. The van der Waals surface area contributed by atoms with Gasteiger partial charge in [0.2, 0.25) is 0 Å². The van der Waals surface area contributed by atoms with E-state index >= 15 is 0 Å². The van der Waals surface area contributed by atoms with Crippen LogP contribution in [-0.2, 0) is 6.54 Å². The minimum absolute atomic E-state index is 0.0830. The molecule has 1 aliphatic heterocycles. The third-order valence-electron chi connectivity index (χ3n) is 4.27. The molecule has 0 aliphatic carbocycles. The van der Waals surface area contributed by atoms with E-state index < -0.39 is 0 Å². The third kappa shape index (κ3) is 3.23. The summed E-state index contributed by atoms with van der Waals surface area (Å²) in [6.07, 6.45) is 0. The number of likely N-dealkylation sites (N-methyl/N-ethyl adjacent to an activating group) is 1. The van der Waals surface area contributed by atoms with Crippen LogP contribution in [0.3, 0.4) is 0 Å². The van der Waals surface area contributed by atoms with Gasteiger partial charge in [0.15, 0.2) is 0 Å². The largest absolute Gasteiger partial charge is 0.355 e. The van der Waals surface area contributed by atoms with Crippen molar-refractivity contribution in [3.63, 3.8) is 0 Å². The topological polar surface area (TPSA) is 32.3 Å². The summed E-state index contributed by atoms with van der Waals surface area (Å²) in [7, 11) is 3.71. The van der Waals surface area contributed by atoms with E-state index in [2.05, 4.69) is 23.3 Å². The number of nitrogens with zero attached hydrogens (tertiary/aromatic N) is 1. The number of nitrogens with one attached hydrogen (secondary N) is 1. The van der Waals surface area contributed by atoms with Crippen molar-refractivity contribution in [2.75, 3.05) is 20.6 Å². The minimum atomic E-state index is -0.0830. The Hall–Kier alpha value is -1.55. The highest BCUT2D eigenvalue weighted by Crippen LogP contribution is 2.38. The van der Waals surface area contributed by atoms with E-state index in [4.69, 9.17) is 23.2 Å². The van der Waals surface area contributed by atoms with Gasteiger partial charge in [-0.2, -0.15) is 0 Å². The van der Waals surface area contributed by atoms with E-state index in [0.29, 0.717) is 15.6 Å². The zero-order valence-electron chi connectivity index (χ0n) is 13.1. The zero-order valence-corrected chi connectivity index (χ0v) is 14.6. The Kier molecular flexibility index (Phi) is 4.62. The number of carbonyl (C=O) groups excluding carboxylic acids is 1. The van der Waals surface area contributed by atoms with Gasteiger partial charge in [-0.15, -0.1) is 0 Å². The smallest absolute Gasteiger partial charge is 0.251 e. The molecule has 1 unspecified atom stereocenters. The van der Waals surface area contributed by atoms with Gasteiger partial charge in [-0.25, -0.2) is 0 Å². The Balaban J connectivity index is 2.09. The predicted molar refractivity (Wildman–Crippen MR) is 94.5 cm³/mol. The molecule has 1 N–H and O–H groups in total. The zero-order chi connectivity index (χ0) is 16.6. The molecule has 3 nitrogen and oxygen atoms in total. The molecule has 1 aliphatic rings. The van der Waals surface area contributed by atoms with Gasteiger partial charge in [-0.1, -0.05) is 35.3 Å². The second kappa shape index (κ2) is 6.52. The highest BCUT2D eigenvalue weighted by Gasteiger charge is 2.27. The fraction of sp³-hybridized carbons (Fsp3) is 0.278. The lowest BCUT2D eigenvalue weighted by Gasteiger charge is -2.33. The van der Waals surface area contributed by atoms with E-state index in [1.54, 1.807) is 13.1 Å². The molecule has 0 spiro atoms. The Bertz CT molecular complexity index is 761. The van der Waals surface area contributed by atoms with E-state index in [0.717, 1.165) is 29.8 Å². The summed E-state index contributed by atoms with van der Waals surface area (Å²) < 4.78 is 0. The summed E-state index contributed by atoms with van der Waals surface area (Å²) in [6.45, 7) is 1.66. The molecule has 0 aromatic heterocycles. The highest BCUT2D eigenvalue weighted by atomic mass is 35.5. The standard InChI is InChI=1S/C18H18Cl2N2O/c1-21-18(23)12-5-3-4-11(6-12)15-9-22(2)10-16-14(15)7-13(19)8-17(16)20/h3-8,15H,9-10H2,1-2H3,(H,21,23). The lowest BCUT2D eigenvalue weighted by atomic mass is 9.84. The molecule has 0 radical (unpaired) electrons. The highest BCUT2D eigenvalue weighted by molar-refractivity contribution is 6.35. The first kappa shape index (κ1) is 16.3. The van der Waals surface area contributed by atoms with Crippen LogP contribution in [0, 0.1) is 0 Å². The number of hydrogen-bond acceptors (Lipinski definition) is 2. The van der Waals surface area contributed by atoms with Crippen LogP contribution in [-0.4, -0.2) is 31.4 Å². The second-order valence-electron chi connectivity index (χ2n) is 5.91. The van der Waals surface area contributed by atoms with E-state index in [1.165, 1.54) is 0 Å². The summed E-state index contributed by atoms with van der Waals surface area (Å²) in [6, 6.07) is 11.5. The van der Waals surface area contributed by atoms with Crippen molar-refractivity contribution in [1.29, 1.82) is 0 Å². The van der Waals surface area contributed by atoms with Gasteiger partial charge in [0.25, 0.3) is 5.91 Å². The first-order valence-electron chi connectivity index (χ1n) is 7.48. The molecule has 5 heteroatoms. The maximum atomic E-state index is 11.9. The Morgan fingerprint density at radius 2 is 2.04 bits per heavy atom. The molecule has 0 bridgehead atoms. The molecule has 1 atom stereocenters. The molecule has 0 fully saturated rings. The third-order valence-corrected chi connectivity index (χ3v) is 4.83. The second-order valence-corrected chi connectivity index (χ2v) is 6.75. The van der Waals surface area contributed by atoms with E-state index in [9.17, 15) is 4.79 Å². The van der Waals surface area contributed by atoms with Crippen molar-refractivity contribution >= 4 is 29.1 Å². The van der Waals surface area contributed by atoms with Crippen LogP contribution in [0.25, 0.3) is 0 Å². The van der Waals surface area contributed by atoms with Gasteiger partial charge < -0.3 is 10.2 Å². The predicted octanol–water partition coefficient (Wildman–Crippen LogP) is 3.93. The fourth-order valence-corrected chi connectivity index (χ4v) is 3.74. The van der Waals surface area contributed by atoms with Crippen LogP contribution in [0.15, 0.2) is 36.4 Å². The van der Waals surface area contributed by atoms with Gasteiger partial charge in [-0.3, -0.25) is 4.79 Å². The molecule has 2 aromatic rings. The van der Waals surface area contributed by atoms with E-state index in [-0.39, 0.29) is 11.8 Å². The van der Waals surface area contributed by atoms with Crippen LogP contribution < -0.4 is 5.32 Å². The number of halogens is 2. The number of fused-ring (bicyclic) bond motifs is 1. The molecule has 1 heterocycles. The fourth-order valence-electron chi connectivity index (χ4n) is 3.17. The quantitative estimate of drug-likeness (QED) is 0.891. The number of benzene rings is 2. The molecule has 0 saturated heterocycles. The Labute approximate surface area is 146 Å². The van der Waals surface area contributed by atoms with Crippen LogP contribution >= 0.6 is 23.2 Å². The van der Waals surface area contributed by atoms with Gasteiger partial charge >= 0.3 is 0 Å². The van der Waals surface area contributed by atoms with Crippen LogP contribution in [0.4, 0.5) is 0 Å². The van der Waals surface area contributed by atoms with Crippen molar-refractivity contribution in [2.45, 2.75) is 12.5 Å². The van der Waals surface area contributed by atoms with Gasteiger partial charge in [0.1, 0.15) is 0 Å². The first-order chi connectivity index (χ1) is 11.0. The summed E-state index contributed by atoms with van der Waals surface area (Å²) in [5.41, 5.74) is 4.01. The summed E-state index contributed by atoms with van der Waals surface area (Å²) in [5, 5.41) is 4.01. The maximum Gasteiger partial charge on any atom is 0.251 e. The van der Waals surface area contributed by atoms with Crippen molar-refractivity contribution < 1.29 is 4.79 Å². The molecule has 2 aromatic carbocycles. The Morgan fingerprint density at radius 1 is 1.26 bits per heavy atom. The number of hydrogen-bond donors (Lipinski definition) is 1. The van der Waals surface area contributed by atoms with Crippen molar-refractivity contribution in [1.82, 2.24) is 10.2 Å². The molecule has 0 saturated carbocycles. The van der Waals surface area contributed by atoms with E-state index in [1.807, 2.05) is 24.3 Å². The van der Waals surface area contributed by atoms with Crippen molar-refractivity contribution in [2.24, 2.45) is 0 Å². The number of amides is 1. The Morgan fingerprint density at radius 3 is 2.78 bits per heavy atom. The molecule has 120 valence electrons. The first-order valence-corrected chi connectivity index (χ1v) is 8.23. The monoisotopic (exact) mass is 348 g/mol. The van der Waals surface area contributed by atoms with Crippen LogP contribution in [0.5, 0.6) is 0 Å². The normalized spacial score (nSPS) is 17.7. The van der Waals surface area contributed by atoms with Crippen LogP contribution in [0.2, 0.25) is 10.0 Å². The average Bonchev–Trinajstić information content (AvgIpc) is 2.54.